The van der Waals surface area contributed by atoms with E-state index in [1.807, 2.05) is 0 Å². The standard InChI is InChI=1S/C18H19ClF2N2O5S/c1-10(23(29(4,25)26)11-5-6-13(20)14(21)7-11)18(24)22-15-9-16(27-2)12(19)8-17(15)28-3/h5-10H,1-4H3,(H,22,24)/t10-/m0/s1. The number of methoxy groups -OCH3 is 2. The van der Waals surface area contributed by atoms with Gasteiger partial charge in [0.15, 0.2) is 11.6 Å². The summed E-state index contributed by atoms with van der Waals surface area (Å²) in [4.78, 5) is 12.8. The molecule has 0 bridgehead atoms. The number of sulfonamides is 1. The second kappa shape index (κ2) is 8.83. The number of nitrogens with one attached hydrogen (secondary N) is 1. The topological polar surface area (TPSA) is 84.9 Å². The number of halogens is 3. The molecule has 0 aliphatic carbocycles. The summed E-state index contributed by atoms with van der Waals surface area (Å²) in [5.41, 5.74) is -0.0148. The molecule has 0 aliphatic heterocycles. The van der Waals surface area contributed by atoms with Crippen molar-refractivity contribution < 1.29 is 31.5 Å². The van der Waals surface area contributed by atoms with Crippen molar-refractivity contribution in [1.29, 1.82) is 0 Å². The first-order valence-corrected chi connectivity index (χ1v) is 10.4. The van der Waals surface area contributed by atoms with Gasteiger partial charge in [0.1, 0.15) is 17.5 Å². The monoisotopic (exact) mass is 448 g/mol. The minimum absolute atomic E-state index is 0.185. The Morgan fingerprint density at radius 1 is 1.10 bits per heavy atom. The summed E-state index contributed by atoms with van der Waals surface area (Å²) in [6, 6.07) is 4.07. The Labute approximate surface area is 172 Å². The third-order valence-electron chi connectivity index (χ3n) is 3.98. The zero-order chi connectivity index (χ0) is 21.9. The van der Waals surface area contributed by atoms with Crippen molar-refractivity contribution in [3.8, 4) is 11.5 Å². The van der Waals surface area contributed by atoms with Crippen molar-refractivity contribution in [2.24, 2.45) is 0 Å². The van der Waals surface area contributed by atoms with E-state index in [4.69, 9.17) is 21.1 Å². The van der Waals surface area contributed by atoms with Crippen LogP contribution in [0, 0.1) is 11.6 Å². The molecule has 158 valence electrons. The van der Waals surface area contributed by atoms with Crippen LogP contribution in [0.15, 0.2) is 30.3 Å². The molecule has 0 saturated heterocycles. The first-order valence-electron chi connectivity index (χ1n) is 8.16. The summed E-state index contributed by atoms with van der Waals surface area (Å²) in [5, 5.41) is 2.78. The lowest BCUT2D eigenvalue weighted by Crippen LogP contribution is -2.45. The SMILES string of the molecule is COc1cc(NC(=O)[C@H](C)N(c2ccc(F)c(F)c2)S(C)(=O)=O)c(OC)cc1Cl. The van der Waals surface area contributed by atoms with Crippen LogP contribution < -0.4 is 19.1 Å². The number of benzene rings is 2. The van der Waals surface area contributed by atoms with Crippen molar-refractivity contribution >= 4 is 38.9 Å². The zero-order valence-corrected chi connectivity index (χ0v) is 17.6. The van der Waals surface area contributed by atoms with E-state index in [1.54, 1.807) is 0 Å². The van der Waals surface area contributed by atoms with E-state index in [0.29, 0.717) is 10.4 Å². The van der Waals surface area contributed by atoms with Crippen molar-refractivity contribution in [2.75, 3.05) is 30.1 Å². The van der Waals surface area contributed by atoms with E-state index >= 15 is 0 Å². The zero-order valence-electron chi connectivity index (χ0n) is 16.0. The van der Waals surface area contributed by atoms with Gasteiger partial charge < -0.3 is 14.8 Å². The number of carbonyl (C=O) groups is 1. The molecule has 1 atom stereocenters. The smallest absolute Gasteiger partial charge is 0.248 e. The molecule has 1 N–H and O–H groups in total. The molecule has 2 aromatic rings. The van der Waals surface area contributed by atoms with Crippen LogP contribution in [0.1, 0.15) is 6.92 Å². The lowest BCUT2D eigenvalue weighted by Gasteiger charge is -2.28. The molecule has 0 aromatic heterocycles. The van der Waals surface area contributed by atoms with Gasteiger partial charge >= 0.3 is 0 Å². The van der Waals surface area contributed by atoms with Crippen molar-refractivity contribution in [2.45, 2.75) is 13.0 Å². The molecule has 7 nitrogen and oxygen atoms in total. The fraction of sp³-hybridized carbons (Fsp3) is 0.278. The van der Waals surface area contributed by atoms with Crippen molar-refractivity contribution in [3.63, 3.8) is 0 Å². The molecule has 0 heterocycles. The van der Waals surface area contributed by atoms with Gasteiger partial charge in [0.25, 0.3) is 0 Å². The highest BCUT2D eigenvalue weighted by Crippen LogP contribution is 2.36. The highest BCUT2D eigenvalue weighted by atomic mass is 35.5. The van der Waals surface area contributed by atoms with Crippen LogP contribution in [-0.4, -0.2) is 40.8 Å². The maximum absolute atomic E-state index is 13.6. The fourth-order valence-electron chi connectivity index (χ4n) is 2.63. The third-order valence-corrected chi connectivity index (χ3v) is 5.51. The first kappa shape index (κ1) is 22.7. The van der Waals surface area contributed by atoms with Crippen LogP contribution in [0.5, 0.6) is 11.5 Å². The lowest BCUT2D eigenvalue weighted by atomic mass is 10.2. The van der Waals surface area contributed by atoms with Crippen LogP contribution in [0.3, 0.4) is 0 Å². The van der Waals surface area contributed by atoms with Crippen molar-refractivity contribution in [3.05, 3.63) is 47.0 Å². The van der Waals surface area contributed by atoms with Gasteiger partial charge in [-0.25, -0.2) is 17.2 Å². The van der Waals surface area contributed by atoms with Crippen LogP contribution in [-0.2, 0) is 14.8 Å². The number of anilines is 2. The molecule has 0 radical (unpaired) electrons. The quantitative estimate of drug-likeness (QED) is 0.701. The fourth-order valence-corrected chi connectivity index (χ4v) is 4.02. The summed E-state index contributed by atoms with van der Waals surface area (Å²) in [6.07, 6.45) is 0.851. The summed E-state index contributed by atoms with van der Waals surface area (Å²) >= 11 is 6.03. The molecule has 11 heteroatoms. The number of rotatable bonds is 7. The predicted octanol–water partition coefficient (Wildman–Crippen LogP) is 3.43. The molecule has 0 saturated carbocycles. The Morgan fingerprint density at radius 3 is 2.24 bits per heavy atom. The van der Waals surface area contributed by atoms with Gasteiger partial charge in [0, 0.05) is 18.2 Å². The minimum atomic E-state index is -4.01. The summed E-state index contributed by atoms with van der Waals surface area (Å²) < 4.78 is 62.3. The normalized spacial score (nSPS) is 12.2. The Balaban J connectivity index is 2.41. The Hall–Kier alpha value is -2.59. The largest absolute Gasteiger partial charge is 0.495 e. The molecular weight excluding hydrogens is 430 g/mol. The van der Waals surface area contributed by atoms with E-state index in [0.717, 1.165) is 18.4 Å². The molecule has 29 heavy (non-hydrogen) atoms. The van der Waals surface area contributed by atoms with E-state index in [9.17, 15) is 22.0 Å². The number of carbonyl (C=O) groups excluding carboxylic acids is 1. The molecule has 0 fully saturated rings. The second-order valence-corrected chi connectivity index (χ2v) is 8.28. The van der Waals surface area contributed by atoms with E-state index < -0.39 is 33.6 Å². The van der Waals surface area contributed by atoms with Crippen LogP contribution in [0.25, 0.3) is 0 Å². The number of ether oxygens (including phenoxy) is 2. The maximum atomic E-state index is 13.6. The average Bonchev–Trinajstić information content (AvgIpc) is 2.64. The minimum Gasteiger partial charge on any atom is -0.495 e. The van der Waals surface area contributed by atoms with E-state index in [2.05, 4.69) is 5.32 Å². The lowest BCUT2D eigenvalue weighted by molar-refractivity contribution is -0.116. The number of nitrogens with zero attached hydrogens (tertiary/aromatic N) is 1. The molecule has 2 aromatic carbocycles. The summed E-state index contributed by atoms with van der Waals surface area (Å²) in [5.74, 6) is -2.65. The number of hydrogen-bond acceptors (Lipinski definition) is 5. The molecule has 1 amide bonds. The van der Waals surface area contributed by atoms with Gasteiger partial charge in [0.05, 0.1) is 36.9 Å². The van der Waals surface area contributed by atoms with E-state index in [-0.39, 0.29) is 27.9 Å². The van der Waals surface area contributed by atoms with Gasteiger partial charge in [-0.15, -0.1) is 0 Å². The molecule has 0 unspecified atom stereocenters. The molecule has 2 rings (SSSR count). The summed E-state index contributed by atoms with van der Waals surface area (Å²) in [6.45, 7) is 1.30. The van der Waals surface area contributed by atoms with Crippen LogP contribution in [0.2, 0.25) is 5.02 Å². The first-order chi connectivity index (χ1) is 13.5. The van der Waals surface area contributed by atoms with Crippen molar-refractivity contribution in [1.82, 2.24) is 0 Å². The van der Waals surface area contributed by atoms with Crippen LogP contribution in [0.4, 0.5) is 20.2 Å². The highest BCUT2D eigenvalue weighted by Gasteiger charge is 2.30. The summed E-state index contributed by atoms with van der Waals surface area (Å²) in [7, 11) is -1.27. The Morgan fingerprint density at radius 2 is 1.72 bits per heavy atom. The maximum Gasteiger partial charge on any atom is 0.248 e. The van der Waals surface area contributed by atoms with Crippen LogP contribution >= 0.6 is 11.6 Å². The second-order valence-electron chi connectivity index (χ2n) is 6.01. The van der Waals surface area contributed by atoms with E-state index in [1.165, 1.54) is 33.3 Å². The Bertz CT molecular complexity index is 1030. The third kappa shape index (κ3) is 5.07. The Kier molecular flexibility index (Phi) is 6.91. The highest BCUT2D eigenvalue weighted by molar-refractivity contribution is 7.92. The number of hydrogen-bond donors (Lipinski definition) is 1. The van der Waals surface area contributed by atoms with Gasteiger partial charge in [-0.1, -0.05) is 11.6 Å². The molecule has 0 spiro atoms. The average molecular weight is 449 g/mol. The van der Waals surface area contributed by atoms with Gasteiger partial charge in [0.2, 0.25) is 15.9 Å². The van der Waals surface area contributed by atoms with Gasteiger partial charge in [-0.05, 0) is 19.1 Å². The molecular formula is C18H19ClF2N2O5S. The number of amides is 1. The van der Waals surface area contributed by atoms with Gasteiger partial charge in [-0.3, -0.25) is 9.10 Å². The molecule has 0 aliphatic rings. The van der Waals surface area contributed by atoms with Gasteiger partial charge in [-0.2, -0.15) is 0 Å². The predicted molar refractivity (Wildman–Crippen MR) is 106 cm³/mol.